The second-order valence-electron chi connectivity index (χ2n) is 7.79. The number of carbonyl (C=O) groups excluding carboxylic acids is 1. The zero-order valence-electron chi connectivity index (χ0n) is 15.8. The normalized spacial score (nSPS) is 17.8. The molecule has 1 amide bonds. The van der Waals surface area contributed by atoms with Crippen molar-refractivity contribution < 1.29 is 4.79 Å². The molecule has 1 saturated carbocycles. The third kappa shape index (κ3) is 3.44. The SMILES string of the molecule is O=C(C1CC1)N1CCC(CNc2cc(-c3ccncc3)nc3ccnn23)CC1. The van der Waals surface area contributed by atoms with E-state index in [0.29, 0.717) is 17.7 Å². The van der Waals surface area contributed by atoms with Gasteiger partial charge in [0.2, 0.25) is 5.91 Å². The van der Waals surface area contributed by atoms with E-state index >= 15 is 0 Å². The molecule has 3 aromatic heterocycles. The number of piperidine rings is 1. The Balaban J connectivity index is 1.28. The lowest BCUT2D eigenvalue weighted by Crippen LogP contribution is -2.40. The fourth-order valence-electron chi connectivity index (χ4n) is 3.90. The van der Waals surface area contributed by atoms with Crippen LogP contribution >= 0.6 is 0 Å². The van der Waals surface area contributed by atoms with Crippen molar-refractivity contribution in [2.24, 2.45) is 11.8 Å². The van der Waals surface area contributed by atoms with Crippen molar-refractivity contribution in [3.05, 3.63) is 42.9 Å². The van der Waals surface area contributed by atoms with Crippen LogP contribution in [-0.4, -0.2) is 50.0 Å². The Hall–Kier alpha value is -2.96. The monoisotopic (exact) mass is 376 g/mol. The van der Waals surface area contributed by atoms with Gasteiger partial charge in [-0.1, -0.05) is 0 Å². The van der Waals surface area contributed by atoms with E-state index in [2.05, 4.69) is 20.3 Å². The number of aromatic nitrogens is 4. The minimum absolute atomic E-state index is 0.325. The number of fused-ring (bicyclic) bond motifs is 1. The Labute approximate surface area is 163 Å². The molecule has 1 aliphatic heterocycles. The summed E-state index contributed by atoms with van der Waals surface area (Å²) in [5, 5.41) is 7.98. The number of carbonyl (C=O) groups is 1. The van der Waals surface area contributed by atoms with Gasteiger partial charge in [-0.25, -0.2) is 4.98 Å². The molecule has 28 heavy (non-hydrogen) atoms. The first-order chi connectivity index (χ1) is 13.8. The van der Waals surface area contributed by atoms with Crippen molar-refractivity contribution in [2.75, 3.05) is 25.0 Å². The van der Waals surface area contributed by atoms with E-state index in [1.54, 1.807) is 18.6 Å². The summed E-state index contributed by atoms with van der Waals surface area (Å²) in [5.74, 6) is 2.21. The minimum atomic E-state index is 0.325. The van der Waals surface area contributed by atoms with Gasteiger partial charge in [-0.15, -0.1) is 0 Å². The van der Waals surface area contributed by atoms with Gasteiger partial charge in [0.05, 0.1) is 11.9 Å². The molecule has 4 heterocycles. The van der Waals surface area contributed by atoms with E-state index in [4.69, 9.17) is 4.98 Å². The third-order valence-electron chi connectivity index (χ3n) is 5.76. The third-order valence-corrected chi connectivity index (χ3v) is 5.76. The molecule has 3 aromatic rings. The van der Waals surface area contributed by atoms with Crippen LogP contribution in [0.3, 0.4) is 0 Å². The number of hydrogen-bond acceptors (Lipinski definition) is 5. The first kappa shape index (κ1) is 17.2. The van der Waals surface area contributed by atoms with Crippen molar-refractivity contribution in [2.45, 2.75) is 25.7 Å². The average Bonchev–Trinajstić information content (AvgIpc) is 3.49. The molecule has 0 unspecified atom stereocenters. The number of hydrogen-bond donors (Lipinski definition) is 1. The van der Waals surface area contributed by atoms with Gasteiger partial charge in [0.1, 0.15) is 5.82 Å². The Kier molecular flexibility index (Phi) is 4.43. The molecule has 0 aromatic carbocycles. The highest BCUT2D eigenvalue weighted by Crippen LogP contribution is 2.32. The standard InChI is InChI=1S/C21H24N6O/c28-21(17-1-2-17)26-11-6-15(7-12-26)14-23-20-13-18(16-3-8-22-9-4-16)25-19-5-10-24-27(19)20/h3-5,8-10,13,15,17,23H,1-2,6-7,11-12,14H2. The minimum Gasteiger partial charge on any atom is -0.370 e. The Morgan fingerprint density at radius 1 is 1.07 bits per heavy atom. The van der Waals surface area contributed by atoms with Crippen LogP contribution in [0.25, 0.3) is 16.9 Å². The van der Waals surface area contributed by atoms with E-state index in [-0.39, 0.29) is 0 Å². The molecule has 2 aliphatic rings. The van der Waals surface area contributed by atoms with Gasteiger partial charge in [0.15, 0.2) is 5.65 Å². The summed E-state index contributed by atoms with van der Waals surface area (Å²) in [7, 11) is 0. The van der Waals surface area contributed by atoms with E-state index in [0.717, 1.165) is 68.0 Å². The summed E-state index contributed by atoms with van der Waals surface area (Å²) in [6.07, 6.45) is 9.60. The van der Waals surface area contributed by atoms with Crippen molar-refractivity contribution in [1.29, 1.82) is 0 Å². The molecule has 5 rings (SSSR count). The fourth-order valence-corrected chi connectivity index (χ4v) is 3.90. The largest absolute Gasteiger partial charge is 0.370 e. The van der Waals surface area contributed by atoms with E-state index in [1.165, 1.54) is 0 Å². The zero-order chi connectivity index (χ0) is 18.9. The number of nitrogens with zero attached hydrogens (tertiary/aromatic N) is 5. The Morgan fingerprint density at radius 2 is 1.86 bits per heavy atom. The maximum absolute atomic E-state index is 12.2. The highest BCUT2D eigenvalue weighted by molar-refractivity contribution is 5.81. The summed E-state index contributed by atoms with van der Waals surface area (Å²) < 4.78 is 1.84. The number of amides is 1. The molecule has 7 nitrogen and oxygen atoms in total. The number of anilines is 1. The van der Waals surface area contributed by atoms with E-state index < -0.39 is 0 Å². The molecular weight excluding hydrogens is 352 g/mol. The molecular formula is C21H24N6O. The van der Waals surface area contributed by atoms with Crippen molar-refractivity contribution >= 4 is 17.4 Å². The number of likely N-dealkylation sites (tertiary alicyclic amines) is 1. The van der Waals surface area contributed by atoms with Gasteiger partial charge >= 0.3 is 0 Å². The molecule has 0 spiro atoms. The highest BCUT2D eigenvalue weighted by atomic mass is 16.2. The van der Waals surface area contributed by atoms with Crippen LogP contribution < -0.4 is 5.32 Å². The number of nitrogens with one attached hydrogen (secondary N) is 1. The first-order valence-corrected chi connectivity index (χ1v) is 10.1. The van der Waals surface area contributed by atoms with Gasteiger partial charge in [0.25, 0.3) is 0 Å². The predicted octanol–water partition coefficient (Wildman–Crippen LogP) is 2.85. The van der Waals surface area contributed by atoms with Gasteiger partial charge in [0, 0.05) is 55.6 Å². The van der Waals surface area contributed by atoms with Crippen LogP contribution in [0.2, 0.25) is 0 Å². The molecule has 1 saturated heterocycles. The second-order valence-corrected chi connectivity index (χ2v) is 7.79. The summed E-state index contributed by atoms with van der Waals surface area (Å²) in [5.41, 5.74) is 2.76. The second kappa shape index (κ2) is 7.22. The Bertz CT molecular complexity index is 973. The lowest BCUT2D eigenvalue weighted by atomic mass is 9.96. The molecule has 0 atom stereocenters. The fraction of sp³-hybridized carbons (Fsp3) is 0.429. The van der Waals surface area contributed by atoms with Gasteiger partial charge in [-0.2, -0.15) is 9.61 Å². The molecule has 7 heteroatoms. The van der Waals surface area contributed by atoms with Crippen molar-refractivity contribution in [3.8, 4) is 11.3 Å². The van der Waals surface area contributed by atoms with Crippen LogP contribution in [0.1, 0.15) is 25.7 Å². The van der Waals surface area contributed by atoms with Crippen LogP contribution in [0.15, 0.2) is 42.9 Å². The van der Waals surface area contributed by atoms with E-state index in [9.17, 15) is 4.79 Å². The molecule has 144 valence electrons. The molecule has 1 aliphatic carbocycles. The van der Waals surface area contributed by atoms with E-state index in [1.807, 2.05) is 28.8 Å². The lowest BCUT2D eigenvalue weighted by Gasteiger charge is -2.32. The predicted molar refractivity (Wildman–Crippen MR) is 107 cm³/mol. The summed E-state index contributed by atoms with van der Waals surface area (Å²) in [6, 6.07) is 7.89. The van der Waals surface area contributed by atoms with Crippen LogP contribution in [0.5, 0.6) is 0 Å². The smallest absolute Gasteiger partial charge is 0.225 e. The zero-order valence-corrected chi connectivity index (χ0v) is 15.8. The summed E-state index contributed by atoms with van der Waals surface area (Å²) in [6.45, 7) is 2.65. The number of rotatable bonds is 5. The molecule has 0 radical (unpaired) electrons. The van der Waals surface area contributed by atoms with Gasteiger partial charge in [-0.05, 0) is 43.7 Å². The van der Waals surface area contributed by atoms with Gasteiger partial charge < -0.3 is 10.2 Å². The quantitative estimate of drug-likeness (QED) is 0.741. The highest BCUT2D eigenvalue weighted by Gasteiger charge is 2.34. The lowest BCUT2D eigenvalue weighted by molar-refractivity contribution is -0.133. The van der Waals surface area contributed by atoms with Crippen LogP contribution in [-0.2, 0) is 4.79 Å². The number of pyridine rings is 1. The maximum Gasteiger partial charge on any atom is 0.225 e. The van der Waals surface area contributed by atoms with Crippen LogP contribution in [0.4, 0.5) is 5.82 Å². The van der Waals surface area contributed by atoms with Crippen LogP contribution in [0, 0.1) is 11.8 Å². The topological polar surface area (TPSA) is 75.4 Å². The molecule has 2 fully saturated rings. The maximum atomic E-state index is 12.2. The molecule has 1 N–H and O–H groups in total. The average molecular weight is 376 g/mol. The summed E-state index contributed by atoms with van der Waals surface area (Å²) >= 11 is 0. The summed E-state index contributed by atoms with van der Waals surface area (Å²) in [4.78, 5) is 23.1. The Morgan fingerprint density at radius 3 is 2.61 bits per heavy atom. The van der Waals surface area contributed by atoms with Gasteiger partial charge in [-0.3, -0.25) is 9.78 Å². The van der Waals surface area contributed by atoms with Crippen molar-refractivity contribution in [1.82, 2.24) is 24.5 Å². The first-order valence-electron chi connectivity index (χ1n) is 10.1. The van der Waals surface area contributed by atoms with Crippen molar-refractivity contribution in [3.63, 3.8) is 0 Å². The molecule has 0 bridgehead atoms.